The van der Waals surface area contributed by atoms with Gasteiger partial charge in [0, 0.05) is 38.6 Å². The van der Waals surface area contributed by atoms with E-state index < -0.39 is 6.10 Å². The van der Waals surface area contributed by atoms with Crippen LogP contribution in [-0.2, 0) is 16.1 Å². The molecule has 0 spiro atoms. The van der Waals surface area contributed by atoms with Crippen molar-refractivity contribution in [2.45, 2.75) is 39.0 Å². The van der Waals surface area contributed by atoms with E-state index in [1.54, 1.807) is 4.90 Å². The van der Waals surface area contributed by atoms with Crippen LogP contribution < -0.4 is 9.64 Å². The Morgan fingerprint density at radius 3 is 2.43 bits per heavy atom. The van der Waals surface area contributed by atoms with Gasteiger partial charge >= 0.3 is 0 Å². The number of benzene rings is 2. The van der Waals surface area contributed by atoms with Crippen LogP contribution in [0.2, 0.25) is 0 Å². The second kappa shape index (κ2) is 8.11. The van der Waals surface area contributed by atoms with Crippen molar-refractivity contribution in [1.29, 1.82) is 0 Å². The Morgan fingerprint density at radius 2 is 1.73 bits per heavy atom. The van der Waals surface area contributed by atoms with Crippen molar-refractivity contribution in [3.05, 3.63) is 60.2 Å². The van der Waals surface area contributed by atoms with Gasteiger partial charge < -0.3 is 14.5 Å². The summed E-state index contributed by atoms with van der Waals surface area (Å²) in [6.07, 6.45) is -0.680. The number of anilines is 1. The molecule has 2 aromatic carbocycles. The molecule has 30 heavy (non-hydrogen) atoms. The van der Waals surface area contributed by atoms with Gasteiger partial charge in [0.25, 0.3) is 5.91 Å². The monoisotopic (exact) mass is 407 g/mol. The first-order valence-electron chi connectivity index (χ1n) is 10.5. The maximum absolute atomic E-state index is 13.3. The van der Waals surface area contributed by atoms with Gasteiger partial charge in [-0.05, 0) is 31.5 Å². The molecule has 4 rings (SSSR count). The molecular formula is C24H29N3O3. The molecule has 0 N–H and O–H groups in total. The van der Waals surface area contributed by atoms with Crippen LogP contribution in [0.5, 0.6) is 5.75 Å². The summed E-state index contributed by atoms with van der Waals surface area (Å²) < 4.78 is 6.02. The highest BCUT2D eigenvalue weighted by Gasteiger charge is 2.40. The molecule has 2 aromatic rings. The van der Waals surface area contributed by atoms with Crippen LogP contribution in [0.4, 0.5) is 5.69 Å². The van der Waals surface area contributed by atoms with Gasteiger partial charge in [-0.2, -0.15) is 0 Å². The third kappa shape index (κ3) is 4.05. The van der Waals surface area contributed by atoms with Crippen LogP contribution in [0.25, 0.3) is 0 Å². The van der Waals surface area contributed by atoms with Crippen molar-refractivity contribution in [1.82, 2.24) is 9.80 Å². The quantitative estimate of drug-likeness (QED) is 0.785. The summed E-state index contributed by atoms with van der Waals surface area (Å²) in [5.41, 5.74) is 1.84. The first-order valence-corrected chi connectivity index (χ1v) is 10.5. The first kappa shape index (κ1) is 20.4. The predicted molar refractivity (Wildman–Crippen MR) is 116 cm³/mol. The fraction of sp³-hybridized carbons (Fsp3) is 0.417. The first-order chi connectivity index (χ1) is 14.3. The maximum atomic E-state index is 13.3. The largest absolute Gasteiger partial charge is 0.476 e. The number of piperazine rings is 1. The number of para-hydroxylation sites is 2. The second-order valence-corrected chi connectivity index (χ2v) is 8.68. The summed E-state index contributed by atoms with van der Waals surface area (Å²) in [6.45, 7) is 9.05. The molecule has 1 unspecified atom stereocenters. The van der Waals surface area contributed by atoms with E-state index in [2.05, 4.69) is 43.0 Å². The zero-order chi connectivity index (χ0) is 21.3. The Bertz CT molecular complexity index is 928. The predicted octanol–water partition coefficient (Wildman–Crippen LogP) is 2.92. The Hall–Kier alpha value is -2.86. The lowest BCUT2D eigenvalue weighted by molar-refractivity contribution is -0.144. The smallest absolute Gasteiger partial charge is 0.265 e. The van der Waals surface area contributed by atoms with Crippen molar-refractivity contribution in [3.8, 4) is 5.75 Å². The molecule has 2 amide bonds. The van der Waals surface area contributed by atoms with Crippen LogP contribution in [0.15, 0.2) is 54.6 Å². The molecule has 0 radical (unpaired) electrons. The van der Waals surface area contributed by atoms with Crippen molar-refractivity contribution in [2.75, 3.05) is 31.1 Å². The number of fused-ring (bicyclic) bond motifs is 1. The highest BCUT2D eigenvalue weighted by molar-refractivity contribution is 5.95. The van der Waals surface area contributed by atoms with Crippen molar-refractivity contribution < 1.29 is 14.3 Å². The van der Waals surface area contributed by atoms with Gasteiger partial charge in [-0.1, -0.05) is 42.5 Å². The minimum Gasteiger partial charge on any atom is -0.476 e. The number of ether oxygens (including phenoxy) is 1. The number of rotatable bonds is 3. The fourth-order valence-electron chi connectivity index (χ4n) is 4.34. The maximum Gasteiger partial charge on any atom is 0.265 e. The Labute approximate surface area is 178 Å². The Balaban J connectivity index is 1.46. The molecule has 0 bridgehead atoms. The SMILES string of the molecule is CC(=O)N1CC(C(=O)N2CCN(Cc3ccccc3)C(C)(C)C2)Oc2ccccc21. The summed E-state index contributed by atoms with van der Waals surface area (Å²) in [4.78, 5) is 31.4. The van der Waals surface area contributed by atoms with Gasteiger partial charge in [-0.3, -0.25) is 14.5 Å². The molecule has 1 atom stereocenters. The normalized spacial score (nSPS) is 21.0. The molecule has 2 aliphatic rings. The zero-order valence-corrected chi connectivity index (χ0v) is 17.9. The molecular weight excluding hydrogens is 378 g/mol. The van der Waals surface area contributed by atoms with E-state index in [-0.39, 0.29) is 23.9 Å². The number of carbonyl (C=O) groups excluding carboxylic acids is 2. The average Bonchev–Trinajstić information content (AvgIpc) is 2.74. The molecule has 1 fully saturated rings. The van der Waals surface area contributed by atoms with Gasteiger partial charge in [0.15, 0.2) is 6.10 Å². The van der Waals surface area contributed by atoms with Gasteiger partial charge in [0.2, 0.25) is 5.91 Å². The minimum atomic E-state index is -0.680. The van der Waals surface area contributed by atoms with Crippen molar-refractivity contribution in [2.24, 2.45) is 0 Å². The summed E-state index contributed by atoms with van der Waals surface area (Å²) in [5, 5.41) is 0. The lowest BCUT2D eigenvalue weighted by Gasteiger charge is -2.48. The number of hydrogen-bond acceptors (Lipinski definition) is 4. The molecule has 0 aromatic heterocycles. The summed E-state index contributed by atoms with van der Waals surface area (Å²) in [7, 11) is 0. The molecule has 1 saturated heterocycles. The van der Waals surface area contributed by atoms with Crippen molar-refractivity contribution >= 4 is 17.5 Å². The number of carbonyl (C=O) groups is 2. The summed E-state index contributed by atoms with van der Waals surface area (Å²) in [5.74, 6) is 0.444. The van der Waals surface area contributed by atoms with Crippen LogP contribution in [0.3, 0.4) is 0 Å². The van der Waals surface area contributed by atoms with Crippen molar-refractivity contribution in [3.63, 3.8) is 0 Å². The second-order valence-electron chi connectivity index (χ2n) is 8.68. The molecule has 2 heterocycles. The standard InChI is InChI=1S/C24H29N3O3/c1-18(28)27-16-22(30-21-12-8-7-11-20(21)27)23(29)25-13-14-26(24(2,3)17-25)15-19-9-5-4-6-10-19/h4-12,22H,13-17H2,1-3H3. The fourth-order valence-corrected chi connectivity index (χ4v) is 4.34. The topological polar surface area (TPSA) is 53.1 Å². The van der Waals surface area contributed by atoms with E-state index in [9.17, 15) is 9.59 Å². The van der Waals surface area contributed by atoms with Gasteiger partial charge in [0.1, 0.15) is 5.75 Å². The molecule has 158 valence electrons. The van der Waals surface area contributed by atoms with Crippen LogP contribution in [0.1, 0.15) is 26.3 Å². The number of amides is 2. The Kier molecular flexibility index (Phi) is 5.52. The average molecular weight is 408 g/mol. The highest BCUT2D eigenvalue weighted by atomic mass is 16.5. The van der Waals surface area contributed by atoms with E-state index in [1.807, 2.05) is 35.2 Å². The number of nitrogens with zero attached hydrogens (tertiary/aromatic N) is 3. The third-order valence-corrected chi connectivity index (χ3v) is 6.03. The number of hydrogen-bond donors (Lipinski definition) is 0. The molecule has 0 saturated carbocycles. The molecule has 0 aliphatic carbocycles. The van der Waals surface area contributed by atoms with E-state index >= 15 is 0 Å². The van der Waals surface area contributed by atoms with Crippen LogP contribution in [0, 0.1) is 0 Å². The summed E-state index contributed by atoms with van der Waals surface area (Å²) in [6, 6.07) is 17.8. The van der Waals surface area contributed by atoms with Gasteiger partial charge in [0.05, 0.1) is 12.2 Å². The van der Waals surface area contributed by atoms with E-state index in [1.165, 1.54) is 12.5 Å². The third-order valence-electron chi connectivity index (χ3n) is 6.03. The van der Waals surface area contributed by atoms with E-state index in [4.69, 9.17) is 4.74 Å². The van der Waals surface area contributed by atoms with E-state index in [0.29, 0.717) is 18.8 Å². The lowest BCUT2D eigenvalue weighted by atomic mass is 9.97. The molecule has 6 nitrogen and oxygen atoms in total. The summed E-state index contributed by atoms with van der Waals surface area (Å²) >= 11 is 0. The van der Waals surface area contributed by atoms with Crippen LogP contribution >= 0.6 is 0 Å². The minimum absolute atomic E-state index is 0.0526. The molecule has 2 aliphatic heterocycles. The van der Waals surface area contributed by atoms with Crippen LogP contribution in [-0.4, -0.2) is 59.4 Å². The van der Waals surface area contributed by atoms with Gasteiger partial charge in [-0.25, -0.2) is 0 Å². The lowest BCUT2D eigenvalue weighted by Crippen LogP contribution is -2.62. The highest BCUT2D eigenvalue weighted by Crippen LogP contribution is 2.34. The Morgan fingerprint density at radius 1 is 1.03 bits per heavy atom. The van der Waals surface area contributed by atoms with E-state index in [0.717, 1.165) is 18.8 Å². The zero-order valence-electron chi connectivity index (χ0n) is 17.9. The van der Waals surface area contributed by atoms with Gasteiger partial charge in [-0.15, -0.1) is 0 Å². The molecule has 6 heteroatoms.